The van der Waals surface area contributed by atoms with Gasteiger partial charge < -0.3 is 10.1 Å². The van der Waals surface area contributed by atoms with Gasteiger partial charge in [0.2, 0.25) is 0 Å². The van der Waals surface area contributed by atoms with Gasteiger partial charge in [0.1, 0.15) is 0 Å². The van der Waals surface area contributed by atoms with Gasteiger partial charge in [-0.05, 0) is 17.8 Å². The third kappa shape index (κ3) is 2.27. The Kier molecular flexibility index (Phi) is 2.65. The molecule has 0 aromatic carbocycles. The van der Waals surface area contributed by atoms with Crippen LogP contribution in [0.4, 0.5) is 5.82 Å². The smallest absolute Gasteiger partial charge is 0.358 e. The Hall–Kier alpha value is -1.39. The van der Waals surface area contributed by atoms with E-state index in [1.165, 1.54) is 6.07 Å². The number of aryl methyl sites for hydroxylation is 1. The minimum absolute atomic E-state index is 0.0712. The summed E-state index contributed by atoms with van der Waals surface area (Å²) < 4.78 is 1.67. The second-order valence-corrected chi connectivity index (χ2v) is 3.48. The summed E-state index contributed by atoms with van der Waals surface area (Å²) in [4.78, 5) is 9.91. The molecule has 0 aliphatic rings. The van der Waals surface area contributed by atoms with Crippen LogP contribution in [0.2, 0.25) is 0 Å². The van der Waals surface area contributed by atoms with E-state index in [-0.39, 0.29) is 5.82 Å². The van der Waals surface area contributed by atoms with Gasteiger partial charge in [0.15, 0.2) is 0 Å². The van der Waals surface area contributed by atoms with Gasteiger partial charge in [-0.3, -0.25) is 0 Å². The molecule has 1 heterocycles. The Morgan fingerprint density at radius 2 is 2.31 bits per heavy atom. The zero-order chi connectivity index (χ0) is 10.0. The summed E-state index contributed by atoms with van der Waals surface area (Å²) >= 11 is 0. The molecule has 1 aromatic heterocycles. The minimum Gasteiger partial charge on any atom is -0.358 e. The van der Waals surface area contributed by atoms with Gasteiger partial charge in [-0.2, -0.15) is 4.68 Å². The summed E-state index contributed by atoms with van der Waals surface area (Å²) in [6.45, 7) is 6.64. The van der Waals surface area contributed by atoms with E-state index >= 15 is 0 Å². The first kappa shape index (κ1) is 9.70. The quantitative estimate of drug-likeness (QED) is 0.529. The Morgan fingerprint density at radius 1 is 1.69 bits per heavy atom. The van der Waals surface area contributed by atoms with E-state index in [0.29, 0.717) is 5.92 Å². The first-order valence-corrected chi connectivity index (χ1v) is 4.19. The van der Waals surface area contributed by atoms with E-state index in [0.717, 1.165) is 12.2 Å². The molecule has 0 saturated carbocycles. The fraction of sp³-hybridized carbons (Fsp3) is 0.625. The summed E-state index contributed by atoms with van der Waals surface area (Å²) in [5.74, 6) is 0.372. The minimum atomic E-state index is -0.468. The van der Waals surface area contributed by atoms with Gasteiger partial charge in [0.25, 0.3) is 0 Å². The van der Waals surface area contributed by atoms with Crippen molar-refractivity contribution in [2.45, 2.75) is 27.3 Å². The normalized spacial score (nSPS) is 10.8. The molecular weight excluding hydrogens is 170 g/mol. The van der Waals surface area contributed by atoms with Crippen molar-refractivity contribution in [3.8, 4) is 0 Å². The average molecular weight is 183 g/mol. The molecule has 0 aliphatic heterocycles. The summed E-state index contributed by atoms with van der Waals surface area (Å²) in [5.41, 5.74) is 0.834. The maximum absolute atomic E-state index is 10.4. The van der Waals surface area contributed by atoms with Crippen molar-refractivity contribution in [2.75, 3.05) is 0 Å². The highest BCUT2D eigenvalue weighted by molar-refractivity contribution is 5.20. The highest BCUT2D eigenvalue weighted by Gasteiger charge is 2.15. The van der Waals surface area contributed by atoms with Crippen molar-refractivity contribution in [3.05, 3.63) is 21.9 Å². The predicted octanol–water partition coefficient (Wildman–Crippen LogP) is 1.76. The Bertz CT molecular complexity index is 317. The standard InChI is InChI=1S/C8H13N3O2/c1-6(2)5-10-7(3)4-8(9-10)11(12)13/h4,6H,5H2,1-3H3. The van der Waals surface area contributed by atoms with Crippen LogP contribution >= 0.6 is 0 Å². The van der Waals surface area contributed by atoms with E-state index in [4.69, 9.17) is 0 Å². The molecule has 0 fully saturated rings. The predicted molar refractivity (Wildman–Crippen MR) is 48.5 cm³/mol. The molecule has 0 N–H and O–H groups in total. The van der Waals surface area contributed by atoms with Gasteiger partial charge in [-0.15, -0.1) is 0 Å². The molecular formula is C8H13N3O2. The molecule has 72 valence electrons. The molecule has 0 atom stereocenters. The summed E-state index contributed by atoms with van der Waals surface area (Å²) in [7, 11) is 0. The molecule has 5 nitrogen and oxygen atoms in total. The Labute approximate surface area is 76.5 Å². The lowest BCUT2D eigenvalue weighted by Crippen LogP contribution is -2.07. The molecule has 0 saturated heterocycles. The first-order chi connectivity index (χ1) is 6.00. The number of hydrogen-bond acceptors (Lipinski definition) is 3. The van der Waals surface area contributed by atoms with E-state index in [2.05, 4.69) is 5.10 Å². The van der Waals surface area contributed by atoms with Crippen LogP contribution in [0.25, 0.3) is 0 Å². The molecule has 0 aliphatic carbocycles. The van der Waals surface area contributed by atoms with Gasteiger partial charge in [0.05, 0.1) is 23.4 Å². The second kappa shape index (κ2) is 3.55. The van der Waals surface area contributed by atoms with Crippen LogP contribution in [0.5, 0.6) is 0 Å². The van der Waals surface area contributed by atoms with E-state index in [1.54, 1.807) is 4.68 Å². The van der Waals surface area contributed by atoms with E-state index in [9.17, 15) is 10.1 Å². The second-order valence-electron chi connectivity index (χ2n) is 3.48. The molecule has 0 bridgehead atoms. The Balaban J connectivity index is 2.90. The molecule has 0 amide bonds. The fourth-order valence-electron chi connectivity index (χ4n) is 1.11. The number of nitro groups is 1. The summed E-state index contributed by atoms with van der Waals surface area (Å²) in [5, 5.41) is 14.2. The SMILES string of the molecule is Cc1cc([N+](=O)[O-])nn1CC(C)C. The van der Waals surface area contributed by atoms with Crippen LogP contribution in [0.15, 0.2) is 6.07 Å². The van der Waals surface area contributed by atoms with Crippen LogP contribution in [0, 0.1) is 23.0 Å². The van der Waals surface area contributed by atoms with Crippen LogP contribution in [0.1, 0.15) is 19.5 Å². The number of aromatic nitrogens is 2. The average Bonchev–Trinajstić information content (AvgIpc) is 2.31. The first-order valence-electron chi connectivity index (χ1n) is 4.19. The van der Waals surface area contributed by atoms with Crippen molar-refractivity contribution < 1.29 is 4.92 Å². The van der Waals surface area contributed by atoms with Crippen molar-refractivity contribution in [1.29, 1.82) is 0 Å². The Morgan fingerprint density at radius 3 is 2.69 bits per heavy atom. The van der Waals surface area contributed by atoms with Crippen molar-refractivity contribution >= 4 is 5.82 Å². The van der Waals surface area contributed by atoms with E-state index in [1.807, 2.05) is 20.8 Å². The molecule has 0 spiro atoms. The number of nitrogens with zero attached hydrogens (tertiary/aromatic N) is 3. The van der Waals surface area contributed by atoms with Crippen LogP contribution in [-0.2, 0) is 6.54 Å². The summed E-state index contributed by atoms with van der Waals surface area (Å²) in [6, 6.07) is 1.49. The highest BCUT2D eigenvalue weighted by Crippen LogP contribution is 2.12. The van der Waals surface area contributed by atoms with E-state index < -0.39 is 4.92 Å². The molecule has 0 unspecified atom stereocenters. The molecule has 13 heavy (non-hydrogen) atoms. The maximum Gasteiger partial charge on any atom is 0.390 e. The lowest BCUT2D eigenvalue weighted by Gasteiger charge is -2.01. The van der Waals surface area contributed by atoms with Crippen molar-refractivity contribution in [2.24, 2.45) is 5.92 Å². The number of rotatable bonds is 3. The molecule has 1 rings (SSSR count). The molecule has 5 heteroatoms. The van der Waals surface area contributed by atoms with Gasteiger partial charge in [0, 0.05) is 0 Å². The topological polar surface area (TPSA) is 61.0 Å². The van der Waals surface area contributed by atoms with Crippen LogP contribution < -0.4 is 0 Å². The third-order valence-electron chi connectivity index (χ3n) is 1.69. The largest absolute Gasteiger partial charge is 0.390 e. The molecule has 1 aromatic rings. The fourth-order valence-corrected chi connectivity index (χ4v) is 1.11. The maximum atomic E-state index is 10.4. The van der Waals surface area contributed by atoms with Gasteiger partial charge in [-0.25, -0.2) is 0 Å². The summed E-state index contributed by atoms with van der Waals surface area (Å²) in [6.07, 6.45) is 0. The monoisotopic (exact) mass is 183 g/mol. The van der Waals surface area contributed by atoms with Crippen LogP contribution in [-0.4, -0.2) is 14.7 Å². The van der Waals surface area contributed by atoms with Gasteiger partial charge in [-0.1, -0.05) is 13.8 Å². The zero-order valence-electron chi connectivity index (χ0n) is 8.02. The highest BCUT2D eigenvalue weighted by atomic mass is 16.6. The lowest BCUT2D eigenvalue weighted by atomic mass is 10.2. The lowest BCUT2D eigenvalue weighted by molar-refractivity contribution is -0.389. The zero-order valence-corrected chi connectivity index (χ0v) is 8.02. The van der Waals surface area contributed by atoms with Crippen molar-refractivity contribution in [1.82, 2.24) is 9.78 Å². The number of hydrogen-bond donors (Lipinski definition) is 0. The van der Waals surface area contributed by atoms with Gasteiger partial charge >= 0.3 is 5.82 Å². The van der Waals surface area contributed by atoms with Crippen molar-refractivity contribution in [3.63, 3.8) is 0 Å². The molecule has 0 radical (unpaired) electrons. The van der Waals surface area contributed by atoms with Crippen LogP contribution in [0.3, 0.4) is 0 Å². The third-order valence-corrected chi connectivity index (χ3v) is 1.69.